The maximum absolute atomic E-state index is 12.2. The number of rotatable bonds is 4. The number of benzene rings is 2. The zero-order valence-corrected chi connectivity index (χ0v) is 15.3. The Morgan fingerprint density at radius 3 is 2.54 bits per heavy atom. The van der Waals surface area contributed by atoms with E-state index in [2.05, 4.69) is 11.2 Å². The Kier molecular flexibility index (Phi) is 6.08. The minimum atomic E-state index is -0.544. The van der Waals surface area contributed by atoms with Crippen LogP contribution < -0.4 is 4.74 Å². The van der Waals surface area contributed by atoms with Crippen molar-refractivity contribution in [2.45, 2.75) is 25.7 Å². The van der Waals surface area contributed by atoms with E-state index in [1.54, 1.807) is 31.4 Å². The fourth-order valence-electron chi connectivity index (χ4n) is 2.85. The van der Waals surface area contributed by atoms with E-state index in [0.29, 0.717) is 10.6 Å². The fourth-order valence-corrected chi connectivity index (χ4v) is 3.06. The number of hydrogen-bond acceptors (Lipinski definition) is 4. The molecule has 0 bridgehead atoms. The molecule has 0 spiro atoms. The van der Waals surface area contributed by atoms with Gasteiger partial charge in [-0.05, 0) is 67.2 Å². The van der Waals surface area contributed by atoms with Crippen LogP contribution in [0.5, 0.6) is 5.75 Å². The quantitative estimate of drug-likeness (QED) is 0.526. The van der Waals surface area contributed by atoms with E-state index < -0.39 is 5.97 Å². The lowest BCUT2D eigenvalue weighted by atomic mass is 9.91. The van der Waals surface area contributed by atoms with Crippen LogP contribution in [-0.2, 0) is 4.84 Å². The molecule has 0 heterocycles. The summed E-state index contributed by atoms with van der Waals surface area (Å²) in [6.45, 7) is 0. The van der Waals surface area contributed by atoms with Gasteiger partial charge in [0.2, 0.25) is 0 Å². The van der Waals surface area contributed by atoms with Gasteiger partial charge in [0, 0.05) is 0 Å². The number of nitrogens with zero attached hydrogens (tertiary/aromatic N) is 1. The molecular weight excluding hydrogens is 350 g/mol. The molecule has 0 radical (unpaired) electrons. The summed E-state index contributed by atoms with van der Waals surface area (Å²) in [6, 6.07) is 14.6. The van der Waals surface area contributed by atoms with Crippen LogP contribution in [0.3, 0.4) is 0 Å². The van der Waals surface area contributed by atoms with Crippen LogP contribution in [0.25, 0.3) is 6.08 Å². The molecule has 0 saturated heterocycles. The van der Waals surface area contributed by atoms with Gasteiger partial charge in [0.25, 0.3) is 0 Å². The maximum Gasteiger partial charge on any atom is 0.367 e. The van der Waals surface area contributed by atoms with Crippen molar-refractivity contribution in [2.75, 3.05) is 7.11 Å². The van der Waals surface area contributed by atoms with Crippen LogP contribution in [-0.4, -0.2) is 18.8 Å². The van der Waals surface area contributed by atoms with Gasteiger partial charge < -0.3 is 9.57 Å². The molecule has 134 valence electrons. The average Bonchev–Trinajstić information content (AvgIpc) is 2.68. The number of allylic oxidation sites excluding steroid dienone is 1. The molecule has 3 rings (SSSR count). The van der Waals surface area contributed by atoms with Crippen molar-refractivity contribution in [3.63, 3.8) is 0 Å². The van der Waals surface area contributed by atoms with Gasteiger partial charge in [-0.15, -0.1) is 0 Å². The van der Waals surface area contributed by atoms with Crippen molar-refractivity contribution in [2.24, 2.45) is 5.16 Å². The Hall–Kier alpha value is -2.59. The summed E-state index contributed by atoms with van der Waals surface area (Å²) in [5.41, 5.74) is 3.28. The molecular formula is C21H20ClNO3. The van der Waals surface area contributed by atoms with Gasteiger partial charge in [0.1, 0.15) is 5.75 Å². The largest absolute Gasteiger partial charge is 0.497 e. The molecule has 1 saturated carbocycles. The lowest BCUT2D eigenvalue weighted by Gasteiger charge is -2.16. The van der Waals surface area contributed by atoms with Gasteiger partial charge in [-0.25, -0.2) is 4.79 Å². The fraction of sp³-hybridized carbons (Fsp3) is 0.238. The second-order valence-electron chi connectivity index (χ2n) is 6.05. The number of halogens is 1. The van der Waals surface area contributed by atoms with E-state index >= 15 is 0 Å². The van der Waals surface area contributed by atoms with Crippen LogP contribution in [0, 0.1) is 0 Å². The standard InChI is InChI=1S/C21H20ClNO3/c1-25-17-12-10-15(11-13-17)14-16-6-2-5-9-20(16)23-26-21(24)18-7-3-4-8-19(18)22/h3-4,7-8,10-14H,2,5-6,9H2,1H3. The number of oxime groups is 1. The number of hydrogen-bond donors (Lipinski definition) is 0. The van der Waals surface area contributed by atoms with Crippen molar-refractivity contribution < 1.29 is 14.4 Å². The van der Waals surface area contributed by atoms with Gasteiger partial charge in [0.05, 0.1) is 23.4 Å². The third-order valence-electron chi connectivity index (χ3n) is 4.27. The number of carbonyl (C=O) groups is 1. The molecule has 0 amide bonds. The van der Waals surface area contributed by atoms with Crippen molar-refractivity contribution in [1.29, 1.82) is 0 Å². The van der Waals surface area contributed by atoms with E-state index in [1.807, 2.05) is 24.3 Å². The molecule has 5 heteroatoms. The van der Waals surface area contributed by atoms with E-state index in [9.17, 15) is 4.79 Å². The summed E-state index contributed by atoms with van der Waals surface area (Å²) in [4.78, 5) is 17.4. The van der Waals surface area contributed by atoms with Gasteiger partial charge in [-0.1, -0.05) is 41.0 Å². The molecule has 1 aliphatic rings. The second kappa shape index (κ2) is 8.68. The van der Waals surface area contributed by atoms with E-state index in [0.717, 1.165) is 48.3 Å². The van der Waals surface area contributed by atoms with Crippen LogP contribution >= 0.6 is 11.6 Å². The Bertz CT molecular complexity index is 841. The maximum atomic E-state index is 12.2. The third kappa shape index (κ3) is 4.52. The molecule has 2 aromatic rings. The van der Waals surface area contributed by atoms with Crippen LogP contribution in [0.15, 0.2) is 59.3 Å². The summed E-state index contributed by atoms with van der Waals surface area (Å²) in [6.07, 6.45) is 5.91. The van der Waals surface area contributed by atoms with E-state index in [-0.39, 0.29) is 0 Å². The molecule has 1 aliphatic carbocycles. The third-order valence-corrected chi connectivity index (χ3v) is 4.60. The van der Waals surface area contributed by atoms with E-state index in [1.165, 1.54) is 0 Å². The smallest absolute Gasteiger partial charge is 0.367 e. The SMILES string of the molecule is COc1ccc(C=C2CCCCC2=NOC(=O)c2ccccc2Cl)cc1. The normalized spacial score (nSPS) is 17.3. The zero-order valence-electron chi connectivity index (χ0n) is 14.6. The number of methoxy groups -OCH3 is 1. The Balaban J connectivity index is 1.77. The van der Waals surface area contributed by atoms with Gasteiger partial charge in [0.15, 0.2) is 0 Å². The van der Waals surface area contributed by atoms with Crippen LogP contribution in [0.2, 0.25) is 5.02 Å². The Morgan fingerprint density at radius 2 is 1.81 bits per heavy atom. The molecule has 2 aromatic carbocycles. The van der Waals surface area contributed by atoms with Crippen molar-refractivity contribution in [3.05, 3.63) is 70.3 Å². The molecule has 0 atom stereocenters. The summed E-state index contributed by atoms with van der Waals surface area (Å²) >= 11 is 6.03. The molecule has 26 heavy (non-hydrogen) atoms. The molecule has 0 aromatic heterocycles. The van der Waals surface area contributed by atoms with Crippen molar-refractivity contribution in [3.8, 4) is 5.75 Å². The predicted octanol–water partition coefficient (Wildman–Crippen LogP) is 5.52. The van der Waals surface area contributed by atoms with Crippen molar-refractivity contribution >= 4 is 29.4 Å². The summed E-state index contributed by atoms with van der Waals surface area (Å²) in [5, 5.41) is 4.48. The topological polar surface area (TPSA) is 47.9 Å². The van der Waals surface area contributed by atoms with Gasteiger partial charge in [-0.2, -0.15) is 0 Å². The van der Waals surface area contributed by atoms with Crippen molar-refractivity contribution in [1.82, 2.24) is 0 Å². The molecule has 1 fully saturated rings. The summed E-state index contributed by atoms with van der Waals surface area (Å²) in [7, 11) is 1.65. The van der Waals surface area contributed by atoms with E-state index in [4.69, 9.17) is 21.2 Å². The van der Waals surface area contributed by atoms with Crippen LogP contribution in [0.4, 0.5) is 0 Å². The highest BCUT2D eigenvalue weighted by Gasteiger charge is 2.16. The monoisotopic (exact) mass is 369 g/mol. The Morgan fingerprint density at radius 1 is 1.08 bits per heavy atom. The summed E-state index contributed by atoms with van der Waals surface area (Å²) < 4.78 is 5.18. The highest BCUT2D eigenvalue weighted by atomic mass is 35.5. The minimum Gasteiger partial charge on any atom is -0.497 e. The van der Waals surface area contributed by atoms with Crippen LogP contribution in [0.1, 0.15) is 41.6 Å². The minimum absolute atomic E-state index is 0.315. The zero-order chi connectivity index (χ0) is 18.4. The first-order valence-corrected chi connectivity index (χ1v) is 8.93. The molecule has 0 unspecified atom stereocenters. The van der Waals surface area contributed by atoms with Gasteiger partial charge in [-0.3, -0.25) is 0 Å². The second-order valence-corrected chi connectivity index (χ2v) is 6.45. The highest BCUT2D eigenvalue weighted by molar-refractivity contribution is 6.33. The average molecular weight is 370 g/mol. The molecule has 0 N–H and O–H groups in total. The first-order valence-electron chi connectivity index (χ1n) is 8.55. The van der Waals surface area contributed by atoms with Gasteiger partial charge >= 0.3 is 5.97 Å². The molecule has 4 nitrogen and oxygen atoms in total. The predicted molar refractivity (Wildman–Crippen MR) is 104 cm³/mol. The lowest BCUT2D eigenvalue weighted by molar-refractivity contribution is 0.0515. The first kappa shape index (κ1) is 18.2. The highest BCUT2D eigenvalue weighted by Crippen LogP contribution is 2.25. The Labute approximate surface area is 158 Å². The number of carbonyl (C=O) groups excluding carboxylic acids is 1. The lowest BCUT2D eigenvalue weighted by Crippen LogP contribution is -2.11. The summed E-state index contributed by atoms with van der Waals surface area (Å²) in [5.74, 6) is 0.274. The first-order chi connectivity index (χ1) is 12.7. The number of ether oxygens (including phenoxy) is 1. The molecule has 0 aliphatic heterocycles.